The Kier molecular flexibility index (Phi) is 8.29. The summed E-state index contributed by atoms with van der Waals surface area (Å²) in [5.41, 5.74) is 2.32. The third-order valence-corrected chi connectivity index (χ3v) is 5.15. The van der Waals surface area contributed by atoms with Gasteiger partial charge in [-0.1, -0.05) is 23.7 Å². The maximum absolute atomic E-state index is 12.9. The zero-order chi connectivity index (χ0) is 24.7. The molecule has 0 aliphatic carbocycles. The summed E-state index contributed by atoms with van der Waals surface area (Å²) in [7, 11) is 1.62. The molecule has 34 heavy (non-hydrogen) atoms. The minimum atomic E-state index is -0.376. The Morgan fingerprint density at radius 3 is 2.38 bits per heavy atom. The molecule has 0 saturated carbocycles. The van der Waals surface area contributed by atoms with Crippen LogP contribution < -0.4 is 14.8 Å². The number of Topliss-reactive ketones (excluding diaryl/α,β-unsaturated/α-hetero) is 1. The van der Waals surface area contributed by atoms with Crippen molar-refractivity contribution < 1.29 is 19.1 Å². The van der Waals surface area contributed by atoms with Crippen molar-refractivity contribution in [3.63, 3.8) is 0 Å². The van der Waals surface area contributed by atoms with Gasteiger partial charge in [-0.25, -0.2) is 0 Å². The number of aromatic nitrogens is 1. The van der Waals surface area contributed by atoms with Gasteiger partial charge in [-0.05, 0) is 74.4 Å². The highest BCUT2D eigenvalue weighted by atomic mass is 35.5. The predicted molar refractivity (Wildman–Crippen MR) is 133 cm³/mol. The van der Waals surface area contributed by atoms with Gasteiger partial charge in [-0.15, -0.1) is 0 Å². The second-order valence-electron chi connectivity index (χ2n) is 9.03. The van der Waals surface area contributed by atoms with Crippen LogP contribution in [0, 0.1) is 0 Å². The zero-order valence-corrected chi connectivity index (χ0v) is 20.6. The summed E-state index contributed by atoms with van der Waals surface area (Å²) in [5, 5.41) is 3.41. The molecule has 0 bridgehead atoms. The van der Waals surface area contributed by atoms with E-state index in [0.717, 1.165) is 16.9 Å². The smallest absolute Gasteiger partial charge is 0.270 e. The lowest BCUT2D eigenvalue weighted by atomic mass is 10.0. The molecule has 0 aliphatic heterocycles. The van der Waals surface area contributed by atoms with Gasteiger partial charge in [-0.2, -0.15) is 0 Å². The molecule has 0 spiro atoms. The molecule has 1 amide bonds. The first kappa shape index (κ1) is 25.2. The molecule has 3 aromatic rings. The molecular formula is C27H29ClN2O4. The van der Waals surface area contributed by atoms with Crippen molar-refractivity contribution in [3.8, 4) is 11.5 Å². The average Bonchev–Trinajstić information content (AvgIpc) is 2.78. The van der Waals surface area contributed by atoms with E-state index in [-0.39, 0.29) is 35.8 Å². The third kappa shape index (κ3) is 7.59. The standard InChI is InChI=1S/C27H29ClN2O4/c1-27(2,3)30-26(32)24-14-19(11-12-29-24)13-22(31)16-20-15-21(28)7-10-25(20)34-17-18-5-8-23(33-4)9-6-18/h5-12,14-15H,13,16-17H2,1-4H3,(H,30,32). The van der Waals surface area contributed by atoms with E-state index in [1.807, 2.05) is 45.0 Å². The first-order valence-corrected chi connectivity index (χ1v) is 11.3. The number of pyridine rings is 1. The lowest BCUT2D eigenvalue weighted by molar-refractivity contribution is -0.117. The summed E-state index contributed by atoms with van der Waals surface area (Å²) in [4.78, 5) is 29.4. The fourth-order valence-electron chi connectivity index (χ4n) is 3.33. The molecule has 3 rings (SSSR count). The van der Waals surface area contributed by atoms with Gasteiger partial charge in [-0.3, -0.25) is 14.6 Å². The second kappa shape index (κ2) is 11.2. The number of ether oxygens (including phenoxy) is 2. The largest absolute Gasteiger partial charge is 0.497 e. The minimum Gasteiger partial charge on any atom is -0.497 e. The van der Waals surface area contributed by atoms with Crippen LogP contribution in [-0.2, 0) is 24.2 Å². The van der Waals surface area contributed by atoms with Crippen LogP contribution in [0.25, 0.3) is 0 Å². The van der Waals surface area contributed by atoms with Crippen LogP contribution in [0.5, 0.6) is 11.5 Å². The molecule has 0 saturated heterocycles. The molecule has 1 N–H and O–H groups in total. The van der Waals surface area contributed by atoms with E-state index < -0.39 is 0 Å². The van der Waals surface area contributed by atoms with Crippen molar-refractivity contribution in [2.45, 2.75) is 45.8 Å². The lowest BCUT2D eigenvalue weighted by Crippen LogP contribution is -2.40. The maximum atomic E-state index is 12.9. The highest BCUT2D eigenvalue weighted by molar-refractivity contribution is 6.30. The number of carbonyl (C=O) groups excluding carboxylic acids is 2. The summed E-state index contributed by atoms with van der Waals surface area (Å²) in [6.07, 6.45) is 1.87. The van der Waals surface area contributed by atoms with Gasteiger partial charge in [0.2, 0.25) is 0 Å². The molecule has 6 nitrogen and oxygen atoms in total. The van der Waals surface area contributed by atoms with Crippen molar-refractivity contribution in [2.75, 3.05) is 7.11 Å². The van der Waals surface area contributed by atoms with Crippen molar-refractivity contribution in [3.05, 3.63) is 88.2 Å². The maximum Gasteiger partial charge on any atom is 0.270 e. The molecule has 1 heterocycles. The van der Waals surface area contributed by atoms with Crippen molar-refractivity contribution in [2.24, 2.45) is 0 Å². The Bertz CT molecular complexity index is 1150. The quantitative estimate of drug-likeness (QED) is 0.455. The van der Waals surface area contributed by atoms with Gasteiger partial charge in [0.15, 0.2) is 0 Å². The highest BCUT2D eigenvalue weighted by Crippen LogP contribution is 2.25. The number of nitrogens with one attached hydrogen (secondary N) is 1. The Morgan fingerprint density at radius 1 is 0.971 bits per heavy atom. The fourth-order valence-corrected chi connectivity index (χ4v) is 3.52. The molecule has 1 aromatic heterocycles. The summed E-state index contributed by atoms with van der Waals surface area (Å²) < 4.78 is 11.2. The number of hydrogen-bond donors (Lipinski definition) is 1. The normalized spacial score (nSPS) is 11.1. The molecule has 0 fully saturated rings. The van der Waals surface area contributed by atoms with E-state index in [1.54, 1.807) is 43.6 Å². The van der Waals surface area contributed by atoms with E-state index in [4.69, 9.17) is 21.1 Å². The third-order valence-electron chi connectivity index (χ3n) is 4.91. The summed E-state index contributed by atoms with van der Waals surface area (Å²) in [6.45, 7) is 6.05. The van der Waals surface area contributed by atoms with Crippen LogP contribution >= 0.6 is 11.6 Å². The van der Waals surface area contributed by atoms with Gasteiger partial charge < -0.3 is 14.8 Å². The van der Waals surface area contributed by atoms with Crippen molar-refractivity contribution >= 4 is 23.3 Å². The van der Waals surface area contributed by atoms with Crippen LogP contribution in [0.3, 0.4) is 0 Å². The Labute approximate surface area is 205 Å². The minimum absolute atomic E-state index is 0.0232. The van der Waals surface area contributed by atoms with Crippen LogP contribution in [0.1, 0.15) is 48.0 Å². The van der Waals surface area contributed by atoms with Crippen molar-refractivity contribution in [1.82, 2.24) is 10.3 Å². The van der Waals surface area contributed by atoms with Gasteiger partial charge in [0.05, 0.1) is 7.11 Å². The number of methoxy groups -OCH3 is 1. The molecule has 178 valence electrons. The second-order valence-corrected chi connectivity index (χ2v) is 9.47. The van der Waals surface area contributed by atoms with Crippen molar-refractivity contribution in [1.29, 1.82) is 0 Å². The number of benzene rings is 2. The summed E-state index contributed by atoms with van der Waals surface area (Å²) in [6, 6.07) is 16.2. The Hall–Kier alpha value is -3.38. The fraction of sp³-hybridized carbons (Fsp3) is 0.296. The number of carbonyl (C=O) groups is 2. The first-order valence-electron chi connectivity index (χ1n) is 11.0. The van der Waals surface area contributed by atoms with Gasteiger partial charge in [0.25, 0.3) is 5.91 Å². The average molecular weight is 481 g/mol. The molecular weight excluding hydrogens is 452 g/mol. The SMILES string of the molecule is COc1ccc(COc2ccc(Cl)cc2CC(=O)Cc2ccnc(C(=O)NC(C)(C)C)c2)cc1. The number of rotatable bonds is 9. The van der Waals surface area contributed by atoms with Gasteiger partial charge >= 0.3 is 0 Å². The molecule has 0 unspecified atom stereocenters. The Balaban J connectivity index is 1.67. The van der Waals surface area contributed by atoms with E-state index in [9.17, 15) is 9.59 Å². The van der Waals surface area contributed by atoms with Crippen LogP contribution in [-0.4, -0.2) is 29.3 Å². The van der Waals surface area contributed by atoms with Gasteiger partial charge in [0.1, 0.15) is 29.6 Å². The summed E-state index contributed by atoms with van der Waals surface area (Å²) >= 11 is 6.19. The summed E-state index contributed by atoms with van der Waals surface area (Å²) in [5.74, 6) is 1.08. The van der Waals surface area contributed by atoms with Crippen LogP contribution in [0.4, 0.5) is 0 Å². The number of hydrogen-bond acceptors (Lipinski definition) is 5. The Morgan fingerprint density at radius 2 is 1.71 bits per heavy atom. The monoisotopic (exact) mass is 480 g/mol. The van der Waals surface area contributed by atoms with E-state index in [2.05, 4.69) is 10.3 Å². The lowest BCUT2D eigenvalue weighted by Gasteiger charge is -2.20. The molecule has 0 radical (unpaired) electrons. The number of amides is 1. The van der Waals surface area contributed by atoms with E-state index >= 15 is 0 Å². The van der Waals surface area contributed by atoms with Crippen LogP contribution in [0.15, 0.2) is 60.8 Å². The van der Waals surface area contributed by atoms with E-state index in [0.29, 0.717) is 22.9 Å². The predicted octanol–water partition coefficient (Wildman–Crippen LogP) is 5.21. The number of ketones is 1. The molecule has 2 aromatic carbocycles. The first-order chi connectivity index (χ1) is 16.1. The zero-order valence-electron chi connectivity index (χ0n) is 19.9. The molecule has 7 heteroatoms. The number of nitrogens with zero attached hydrogens (tertiary/aromatic N) is 1. The van der Waals surface area contributed by atoms with E-state index in [1.165, 1.54) is 0 Å². The number of halogens is 1. The van der Waals surface area contributed by atoms with Crippen LogP contribution in [0.2, 0.25) is 5.02 Å². The molecule has 0 atom stereocenters. The highest BCUT2D eigenvalue weighted by Gasteiger charge is 2.17. The molecule has 0 aliphatic rings. The van der Waals surface area contributed by atoms with Gasteiger partial charge in [0, 0.05) is 35.2 Å². The topological polar surface area (TPSA) is 77.5 Å².